The topological polar surface area (TPSA) is 70.1 Å². The third-order valence-corrected chi connectivity index (χ3v) is 6.41. The van der Waals surface area contributed by atoms with Crippen molar-refractivity contribution in [3.63, 3.8) is 0 Å². The van der Waals surface area contributed by atoms with Crippen molar-refractivity contribution in [1.82, 2.24) is 9.80 Å². The van der Waals surface area contributed by atoms with E-state index in [0.29, 0.717) is 25.3 Å². The van der Waals surface area contributed by atoms with Crippen molar-refractivity contribution in [3.8, 4) is 5.75 Å². The molecule has 6 nitrogen and oxygen atoms in total. The number of unbranched alkanes of at least 4 members (excludes halogenated alkanes) is 1. The molecule has 3 rings (SSSR count). The van der Waals surface area contributed by atoms with Gasteiger partial charge in [0.2, 0.25) is 0 Å². The molecular formula is C28H36N2O4. The van der Waals surface area contributed by atoms with Gasteiger partial charge in [0, 0.05) is 18.7 Å². The van der Waals surface area contributed by atoms with Crippen LogP contribution in [0, 0.1) is 6.92 Å². The number of carbonyl (C=O) groups excluding carboxylic acids is 2. The van der Waals surface area contributed by atoms with Gasteiger partial charge in [0.15, 0.2) is 0 Å². The molecule has 1 aliphatic rings. The van der Waals surface area contributed by atoms with Crippen LogP contribution >= 0.6 is 0 Å². The molecule has 0 aliphatic carbocycles. The van der Waals surface area contributed by atoms with Crippen LogP contribution in [-0.2, 0) is 9.59 Å². The van der Waals surface area contributed by atoms with E-state index in [1.54, 1.807) is 11.0 Å². The third kappa shape index (κ3) is 5.50. The Labute approximate surface area is 202 Å². The van der Waals surface area contributed by atoms with Crippen molar-refractivity contribution < 1.29 is 19.4 Å². The molecule has 1 saturated heterocycles. The Bertz CT molecular complexity index is 1030. The van der Waals surface area contributed by atoms with E-state index >= 15 is 0 Å². The Morgan fingerprint density at radius 3 is 2.38 bits per heavy atom. The second-order valence-electron chi connectivity index (χ2n) is 8.61. The second kappa shape index (κ2) is 11.8. The minimum atomic E-state index is -0.646. The van der Waals surface area contributed by atoms with Gasteiger partial charge in [0.1, 0.15) is 11.5 Å². The maximum absolute atomic E-state index is 13.2. The number of Topliss-reactive ketones (excluding diaryl/α,β-unsaturated/α-hetero) is 1. The average Bonchev–Trinajstić information content (AvgIpc) is 3.10. The monoisotopic (exact) mass is 464 g/mol. The number of aliphatic hydroxyl groups excluding tert-OH is 1. The number of likely N-dealkylation sites (tertiary alicyclic amines) is 1. The van der Waals surface area contributed by atoms with E-state index in [2.05, 4.69) is 25.7 Å². The van der Waals surface area contributed by atoms with Gasteiger partial charge in [-0.25, -0.2) is 0 Å². The first-order chi connectivity index (χ1) is 16.4. The van der Waals surface area contributed by atoms with Crippen molar-refractivity contribution in [1.29, 1.82) is 0 Å². The van der Waals surface area contributed by atoms with E-state index in [-0.39, 0.29) is 11.3 Å². The minimum absolute atomic E-state index is 0.134. The molecule has 1 atom stereocenters. The van der Waals surface area contributed by atoms with Crippen molar-refractivity contribution >= 4 is 17.4 Å². The van der Waals surface area contributed by atoms with Crippen molar-refractivity contribution in [3.05, 3.63) is 70.8 Å². The summed E-state index contributed by atoms with van der Waals surface area (Å²) in [5.74, 6) is -0.615. The Morgan fingerprint density at radius 1 is 1.06 bits per heavy atom. The molecule has 0 spiro atoms. The number of ketones is 1. The molecular weight excluding hydrogens is 428 g/mol. The van der Waals surface area contributed by atoms with Crippen LogP contribution in [0.15, 0.2) is 54.1 Å². The molecule has 34 heavy (non-hydrogen) atoms. The minimum Gasteiger partial charge on any atom is -0.507 e. The zero-order chi connectivity index (χ0) is 24.7. The van der Waals surface area contributed by atoms with Gasteiger partial charge in [-0.15, -0.1) is 0 Å². The highest BCUT2D eigenvalue weighted by Gasteiger charge is 2.45. The number of aliphatic hydroxyl groups is 1. The van der Waals surface area contributed by atoms with Gasteiger partial charge < -0.3 is 19.6 Å². The van der Waals surface area contributed by atoms with E-state index in [4.69, 9.17) is 4.74 Å². The van der Waals surface area contributed by atoms with Gasteiger partial charge >= 0.3 is 0 Å². The van der Waals surface area contributed by atoms with Crippen LogP contribution in [0.25, 0.3) is 5.76 Å². The summed E-state index contributed by atoms with van der Waals surface area (Å²) in [7, 11) is 0. The summed E-state index contributed by atoms with van der Waals surface area (Å²) in [5, 5.41) is 11.3. The Hall–Kier alpha value is -3.12. The van der Waals surface area contributed by atoms with Gasteiger partial charge in [0.25, 0.3) is 11.7 Å². The summed E-state index contributed by atoms with van der Waals surface area (Å²) in [6.07, 6.45) is 2.01. The number of aryl methyl sites for hydroxylation is 1. The van der Waals surface area contributed by atoms with Gasteiger partial charge in [-0.3, -0.25) is 9.59 Å². The fraction of sp³-hybridized carbons (Fsp3) is 0.429. The lowest BCUT2D eigenvalue weighted by atomic mass is 9.95. The molecule has 0 bridgehead atoms. The molecule has 2 aromatic rings. The molecule has 0 aromatic heterocycles. The van der Waals surface area contributed by atoms with E-state index in [0.717, 1.165) is 42.8 Å². The SMILES string of the molecule is CCCCOc1ccc(C(O)=C2C(=O)C(=O)N(CCN(CC)CC)[C@H]2c2ccccc2)cc1C. The van der Waals surface area contributed by atoms with E-state index in [1.807, 2.05) is 49.4 Å². The van der Waals surface area contributed by atoms with Gasteiger partial charge in [-0.2, -0.15) is 0 Å². The van der Waals surface area contributed by atoms with E-state index < -0.39 is 17.7 Å². The number of hydrogen-bond donors (Lipinski definition) is 1. The molecule has 2 aromatic carbocycles. The van der Waals surface area contributed by atoms with Crippen LogP contribution in [-0.4, -0.2) is 59.4 Å². The summed E-state index contributed by atoms with van der Waals surface area (Å²) < 4.78 is 5.83. The van der Waals surface area contributed by atoms with Crippen LogP contribution in [0.5, 0.6) is 5.75 Å². The summed E-state index contributed by atoms with van der Waals surface area (Å²) in [4.78, 5) is 30.1. The first kappa shape index (κ1) is 25.5. The van der Waals surface area contributed by atoms with Crippen LogP contribution in [0.3, 0.4) is 0 Å². The molecule has 1 aliphatic heterocycles. The predicted molar refractivity (Wildman–Crippen MR) is 135 cm³/mol. The first-order valence-corrected chi connectivity index (χ1v) is 12.2. The number of rotatable bonds is 11. The van der Waals surface area contributed by atoms with Gasteiger partial charge in [-0.1, -0.05) is 57.5 Å². The smallest absolute Gasteiger partial charge is 0.295 e. The third-order valence-electron chi connectivity index (χ3n) is 6.41. The van der Waals surface area contributed by atoms with Crippen LogP contribution in [0.4, 0.5) is 0 Å². The van der Waals surface area contributed by atoms with E-state index in [9.17, 15) is 14.7 Å². The van der Waals surface area contributed by atoms with Crippen molar-refractivity contribution in [2.45, 2.75) is 46.6 Å². The highest BCUT2D eigenvalue weighted by Crippen LogP contribution is 2.39. The van der Waals surface area contributed by atoms with Gasteiger partial charge in [0.05, 0.1) is 18.2 Å². The Morgan fingerprint density at radius 2 is 1.76 bits per heavy atom. The van der Waals surface area contributed by atoms with Crippen LogP contribution in [0.2, 0.25) is 0 Å². The highest BCUT2D eigenvalue weighted by atomic mass is 16.5. The van der Waals surface area contributed by atoms with E-state index in [1.165, 1.54) is 0 Å². The standard InChI is InChI=1S/C28H36N2O4/c1-5-8-18-34-23-15-14-22(19-20(23)4)26(31)24-25(21-12-10-9-11-13-21)30(28(33)27(24)32)17-16-29(6-2)7-3/h9-15,19,25,31H,5-8,16-18H2,1-4H3/t25-/m0/s1. The maximum Gasteiger partial charge on any atom is 0.295 e. The molecule has 1 amide bonds. The summed E-state index contributed by atoms with van der Waals surface area (Å²) in [5.41, 5.74) is 2.31. The average molecular weight is 465 g/mol. The van der Waals surface area contributed by atoms with Crippen molar-refractivity contribution in [2.75, 3.05) is 32.8 Å². The number of hydrogen-bond acceptors (Lipinski definition) is 5. The fourth-order valence-electron chi connectivity index (χ4n) is 4.32. The zero-order valence-electron chi connectivity index (χ0n) is 20.7. The summed E-state index contributed by atoms with van der Waals surface area (Å²) in [6.45, 7) is 11.6. The molecule has 0 saturated carbocycles. The van der Waals surface area contributed by atoms with Crippen LogP contribution in [0.1, 0.15) is 56.3 Å². The molecule has 0 unspecified atom stereocenters. The molecule has 0 radical (unpaired) electrons. The quantitative estimate of drug-likeness (QED) is 0.221. The maximum atomic E-state index is 13.2. The molecule has 1 N–H and O–H groups in total. The number of carbonyl (C=O) groups is 2. The predicted octanol–water partition coefficient (Wildman–Crippen LogP) is 4.94. The van der Waals surface area contributed by atoms with Gasteiger partial charge in [-0.05, 0) is 55.8 Å². The number of likely N-dealkylation sites (N-methyl/N-ethyl adjacent to an activating group) is 1. The lowest BCUT2D eigenvalue weighted by Crippen LogP contribution is -2.38. The summed E-state index contributed by atoms with van der Waals surface area (Å²) in [6, 6.07) is 14.2. The lowest BCUT2D eigenvalue weighted by Gasteiger charge is -2.28. The van der Waals surface area contributed by atoms with Crippen molar-refractivity contribution in [2.24, 2.45) is 0 Å². The number of benzene rings is 2. The molecule has 182 valence electrons. The second-order valence-corrected chi connectivity index (χ2v) is 8.61. The molecule has 1 fully saturated rings. The number of amides is 1. The fourth-order valence-corrected chi connectivity index (χ4v) is 4.32. The Kier molecular flexibility index (Phi) is 8.88. The highest BCUT2D eigenvalue weighted by molar-refractivity contribution is 6.46. The molecule has 6 heteroatoms. The zero-order valence-corrected chi connectivity index (χ0v) is 20.7. The number of ether oxygens (including phenoxy) is 1. The van der Waals surface area contributed by atoms with Crippen LogP contribution < -0.4 is 4.74 Å². The first-order valence-electron chi connectivity index (χ1n) is 12.2. The lowest BCUT2D eigenvalue weighted by molar-refractivity contribution is -0.140. The molecule has 1 heterocycles. The number of nitrogens with zero attached hydrogens (tertiary/aromatic N) is 2. The Balaban J connectivity index is 2.00. The summed E-state index contributed by atoms with van der Waals surface area (Å²) >= 11 is 0. The normalized spacial score (nSPS) is 17.6. The largest absolute Gasteiger partial charge is 0.507 e.